The van der Waals surface area contributed by atoms with Crippen LogP contribution in [0.5, 0.6) is 0 Å². The number of carbonyl (C=O) groups excluding carboxylic acids is 1. The summed E-state index contributed by atoms with van der Waals surface area (Å²) in [5, 5.41) is 0.177. The number of methoxy groups -OCH3 is 1. The lowest BCUT2D eigenvalue weighted by Crippen LogP contribution is -2.51. The minimum atomic E-state index is -2.04. The van der Waals surface area contributed by atoms with Gasteiger partial charge in [0.05, 0.1) is 19.3 Å². The second kappa shape index (κ2) is 13.6. The highest BCUT2D eigenvalue weighted by atomic mass is 127. The smallest absolute Gasteiger partial charge is 0.305 e. The number of ether oxygens (including phenoxy) is 1. The van der Waals surface area contributed by atoms with E-state index in [0.717, 1.165) is 6.42 Å². The molecule has 0 aromatic heterocycles. The van der Waals surface area contributed by atoms with Crippen molar-refractivity contribution < 1.29 is 18.4 Å². The molecule has 0 fully saturated rings. The summed E-state index contributed by atoms with van der Waals surface area (Å²) in [4.78, 5) is 11.7. The van der Waals surface area contributed by atoms with Crippen molar-refractivity contribution in [3.05, 3.63) is 34.5 Å². The van der Waals surface area contributed by atoms with Gasteiger partial charge in [-0.15, -0.1) is 0 Å². The molecule has 0 aliphatic carbocycles. The molecule has 0 aliphatic heterocycles. The number of hydrogen-bond acceptors (Lipinski definition) is 4. The Morgan fingerprint density at radius 1 is 0.875 bits per heavy atom. The van der Waals surface area contributed by atoms with E-state index in [4.69, 9.17) is 13.6 Å². The van der Waals surface area contributed by atoms with Gasteiger partial charge in [-0.05, 0) is 53.2 Å². The molecule has 0 amide bonds. The van der Waals surface area contributed by atoms with Crippen LogP contribution >= 0.6 is 22.6 Å². The molecular weight excluding hydrogens is 547 g/mol. The topological polar surface area (TPSA) is 44.8 Å². The Bertz CT molecular complexity index is 656. The maximum atomic E-state index is 11.7. The molecule has 0 heterocycles. The number of halogens is 1. The van der Waals surface area contributed by atoms with Crippen molar-refractivity contribution in [2.24, 2.45) is 0 Å². The Hall–Kier alpha value is -0.226. The SMILES string of the molecule is COC(=O)CCCC(O[Si](C)(C)C(C)(C)C)C(/C=C/C=C/C=C/I)O[Si](C)(C)C(C)(C)C. The van der Waals surface area contributed by atoms with Gasteiger partial charge in [-0.3, -0.25) is 4.79 Å². The standard InChI is InChI=1S/C25H47IO4Si2/c1-24(2,3)31(8,9)29-21(17-14-12-13-15-20-26)22(18-16-19-23(27)28-7)30-32(10,11)25(4,5)6/h12-15,17,20-22H,16,18-19H2,1-11H3/b13-12+,17-14+,20-15+. The van der Waals surface area contributed by atoms with Crippen LogP contribution in [0.15, 0.2) is 34.5 Å². The molecule has 0 aromatic rings. The van der Waals surface area contributed by atoms with Gasteiger partial charge in [-0.25, -0.2) is 0 Å². The van der Waals surface area contributed by atoms with Gasteiger partial charge in [-0.1, -0.05) is 94.5 Å². The summed E-state index contributed by atoms with van der Waals surface area (Å²) in [7, 11) is -2.65. The third kappa shape index (κ3) is 11.3. The van der Waals surface area contributed by atoms with E-state index >= 15 is 0 Å². The largest absolute Gasteiger partial charge is 0.469 e. The summed E-state index contributed by atoms with van der Waals surface area (Å²) >= 11 is 2.21. The van der Waals surface area contributed by atoms with E-state index in [0.29, 0.717) is 12.8 Å². The van der Waals surface area contributed by atoms with E-state index in [-0.39, 0.29) is 28.3 Å². The van der Waals surface area contributed by atoms with Crippen molar-refractivity contribution >= 4 is 45.2 Å². The summed E-state index contributed by atoms with van der Waals surface area (Å²) in [6.07, 6.45) is 11.8. The fraction of sp³-hybridized carbons (Fsp3) is 0.720. The van der Waals surface area contributed by atoms with Gasteiger partial charge in [0.2, 0.25) is 0 Å². The molecule has 0 bridgehead atoms. The Labute approximate surface area is 213 Å². The van der Waals surface area contributed by atoms with Gasteiger partial charge < -0.3 is 13.6 Å². The molecule has 0 N–H and O–H groups in total. The molecule has 0 aromatic carbocycles. The van der Waals surface area contributed by atoms with E-state index in [1.54, 1.807) is 0 Å². The maximum Gasteiger partial charge on any atom is 0.305 e. The monoisotopic (exact) mass is 594 g/mol. The van der Waals surface area contributed by atoms with Crippen LogP contribution in [0.2, 0.25) is 36.3 Å². The highest BCUT2D eigenvalue weighted by molar-refractivity contribution is 14.1. The zero-order valence-electron chi connectivity index (χ0n) is 22.3. The molecule has 0 rings (SSSR count). The summed E-state index contributed by atoms with van der Waals surface area (Å²) in [5.41, 5.74) is 0. The first-order valence-corrected chi connectivity index (χ1v) is 18.6. The van der Waals surface area contributed by atoms with Gasteiger partial charge in [0.1, 0.15) is 0 Å². The van der Waals surface area contributed by atoms with E-state index in [1.807, 2.05) is 22.3 Å². The third-order valence-corrected chi connectivity index (χ3v) is 16.1. The number of hydrogen-bond donors (Lipinski definition) is 0. The predicted molar refractivity (Wildman–Crippen MR) is 151 cm³/mol. The number of allylic oxidation sites excluding steroid dienone is 4. The second-order valence-corrected chi connectivity index (χ2v) is 21.5. The van der Waals surface area contributed by atoms with Gasteiger partial charge in [0.25, 0.3) is 0 Å². The molecule has 0 aliphatic rings. The van der Waals surface area contributed by atoms with Crippen molar-refractivity contribution in [3.63, 3.8) is 0 Å². The van der Waals surface area contributed by atoms with Crippen LogP contribution in [-0.4, -0.2) is 41.9 Å². The molecular formula is C25H47IO4Si2. The number of carbonyl (C=O) groups is 1. The Kier molecular flexibility index (Phi) is 13.5. The van der Waals surface area contributed by atoms with Crippen molar-refractivity contribution in [2.45, 2.75) is 109 Å². The maximum absolute atomic E-state index is 11.7. The van der Waals surface area contributed by atoms with Gasteiger partial charge in [0.15, 0.2) is 16.6 Å². The van der Waals surface area contributed by atoms with Crippen LogP contribution in [0.25, 0.3) is 0 Å². The minimum absolute atomic E-state index is 0.0871. The van der Waals surface area contributed by atoms with Crippen LogP contribution in [0.4, 0.5) is 0 Å². The highest BCUT2D eigenvalue weighted by Gasteiger charge is 2.44. The van der Waals surface area contributed by atoms with Crippen molar-refractivity contribution in [3.8, 4) is 0 Å². The van der Waals surface area contributed by atoms with Gasteiger partial charge in [-0.2, -0.15) is 0 Å². The normalized spacial score (nSPS) is 16.2. The highest BCUT2D eigenvalue weighted by Crippen LogP contribution is 2.41. The minimum Gasteiger partial charge on any atom is -0.469 e. The van der Waals surface area contributed by atoms with Gasteiger partial charge >= 0.3 is 5.97 Å². The quantitative estimate of drug-likeness (QED) is 0.0990. The van der Waals surface area contributed by atoms with Crippen LogP contribution in [-0.2, 0) is 18.4 Å². The first-order chi connectivity index (χ1) is 14.5. The molecule has 0 radical (unpaired) electrons. The molecule has 32 heavy (non-hydrogen) atoms. The fourth-order valence-corrected chi connectivity index (χ4v) is 5.36. The summed E-state index contributed by atoms with van der Waals surface area (Å²) in [6.45, 7) is 22.6. The Morgan fingerprint density at radius 3 is 1.84 bits per heavy atom. The lowest BCUT2D eigenvalue weighted by molar-refractivity contribution is -0.140. The van der Waals surface area contributed by atoms with E-state index in [9.17, 15) is 4.79 Å². The average Bonchev–Trinajstić information content (AvgIpc) is 2.63. The average molecular weight is 595 g/mol. The predicted octanol–water partition coefficient (Wildman–Crippen LogP) is 8.17. The number of rotatable bonds is 12. The molecule has 0 saturated heterocycles. The molecule has 0 spiro atoms. The van der Waals surface area contributed by atoms with Crippen LogP contribution in [0.1, 0.15) is 60.8 Å². The zero-order valence-corrected chi connectivity index (χ0v) is 26.4. The summed E-state index contributed by atoms with van der Waals surface area (Å²) in [5.74, 6) is -0.179. The molecule has 4 nitrogen and oxygen atoms in total. The lowest BCUT2D eigenvalue weighted by atomic mass is 10.1. The molecule has 0 saturated carbocycles. The Morgan fingerprint density at radius 2 is 1.38 bits per heavy atom. The third-order valence-electron chi connectivity index (χ3n) is 6.66. The van der Waals surface area contributed by atoms with Crippen LogP contribution in [0, 0.1) is 0 Å². The van der Waals surface area contributed by atoms with Crippen LogP contribution in [0.3, 0.4) is 0 Å². The molecule has 2 unspecified atom stereocenters. The van der Waals surface area contributed by atoms with Crippen molar-refractivity contribution in [2.75, 3.05) is 7.11 Å². The molecule has 2 atom stereocenters. The molecule has 7 heteroatoms. The fourth-order valence-electron chi connectivity index (χ4n) is 2.50. The second-order valence-electron chi connectivity index (χ2n) is 11.3. The van der Waals surface area contributed by atoms with E-state index < -0.39 is 16.6 Å². The molecule has 186 valence electrons. The van der Waals surface area contributed by atoms with E-state index in [1.165, 1.54) is 7.11 Å². The zero-order chi connectivity index (χ0) is 25.2. The first kappa shape index (κ1) is 31.8. The van der Waals surface area contributed by atoms with Crippen LogP contribution < -0.4 is 0 Å². The van der Waals surface area contributed by atoms with E-state index in [2.05, 4.69) is 102 Å². The summed E-state index contributed by atoms with van der Waals surface area (Å²) in [6, 6.07) is 0. The Balaban J connectivity index is 6.04. The lowest BCUT2D eigenvalue weighted by Gasteiger charge is -2.44. The van der Waals surface area contributed by atoms with Crippen molar-refractivity contribution in [1.29, 1.82) is 0 Å². The van der Waals surface area contributed by atoms with Crippen molar-refractivity contribution in [1.82, 2.24) is 0 Å². The first-order valence-electron chi connectivity index (χ1n) is 11.5. The number of esters is 1. The summed E-state index contributed by atoms with van der Waals surface area (Å²) < 4.78 is 20.6. The van der Waals surface area contributed by atoms with Gasteiger partial charge in [0, 0.05) is 6.42 Å².